The van der Waals surface area contributed by atoms with E-state index in [2.05, 4.69) is 26.0 Å². The normalized spacial score (nSPS) is 19.5. The highest BCUT2D eigenvalue weighted by molar-refractivity contribution is 5.57. The van der Waals surface area contributed by atoms with Gasteiger partial charge in [-0.25, -0.2) is 0 Å². The molecule has 1 atom stereocenters. The van der Waals surface area contributed by atoms with Crippen molar-refractivity contribution >= 4 is 0 Å². The van der Waals surface area contributed by atoms with Gasteiger partial charge in [0.1, 0.15) is 5.60 Å². The van der Waals surface area contributed by atoms with Gasteiger partial charge in [-0.1, -0.05) is 69.3 Å². The van der Waals surface area contributed by atoms with Crippen LogP contribution in [0.5, 0.6) is 0 Å². The largest absolute Gasteiger partial charge is 0.380 e. The Hall–Kier alpha value is -1.64. The van der Waals surface area contributed by atoms with Crippen LogP contribution in [0.1, 0.15) is 43.0 Å². The summed E-state index contributed by atoms with van der Waals surface area (Å²) in [5, 5.41) is 11.6. The van der Waals surface area contributed by atoms with E-state index in [0.29, 0.717) is 6.54 Å². The minimum Gasteiger partial charge on any atom is -0.380 e. The predicted molar refractivity (Wildman–Crippen MR) is 86.2 cm³/mol. The van der Waals surface area contributed by atoms with Gasteiger partial charge in [-0.05, 0) is 28.8 Å². The minimum atomic E-state index is -1.02. The fraction of sp³-hybridized carbons (Fsp3) is 0.368. The van der Waals surface area contributed by atoms with Crippen molar-refractivity contribution in [2.45, 2.75) is 31.8 Å². The lowest BCUT2D eigenvalue weighted by atomic mass is 9.60. The van der Waals surface area contributed by atoms with Gasteiger partial charge in [-0.2, -0.15) is 0 Å². The second-order valence-electron chi connectivity index (χ2n) is 6.62. The molecule has 0 fully saturated rings. The van der Waals surface area contributed by atoms with E-state index in [1.165, 1.54) is 11.1 Å². The van der Waals surface area contributed by atoms with Crippen LogP contribution in [-0.2, 0) is 11.0 Å². The van der Waals surface area contributed by atoms with Crippen molar-refractivity contribution in [1.82, 2.24) is 0 Å². The van der Waals surface area contributed by atoms with E-state index >= 15 is 0 Å². The van der Waals surface area contributed by atoms with Crippen LogP contribution in [0.3, 0.4) is 0 Å². The Labute approximate surface area is 126 Å². The Morgan fingerprint density at radius 3 is 1.67 bits per heavy atom. The standard InChI is InChI=1S/C19H23NO/c1-13(12-20)19(21)16-10-6-4-8-14(16)18(2,3)15-9-5-7-11-17(15)19/h4-11,13,21H,12,20H2,1-3H3. The summed E-state index contributed by atoms with van der Waals surface area (Å²) in [4.78, 5) is 0. The average molecular weight is 281 g/mol. The molecule has 2 aromatic rings. The van der Waals surface area contributed by atoms with Crippen molar-refractivity contribution in [3.05, 3.63) is 70.8 Å². The highest BCUT2D eigenvalue weighted by Crippen LogP contribution is 2.51. The van der Waals surface area contributed by atoms with Gasteiger partial charge in [0, 0.05) is 11.3 Å². The lowest BCUT2D eigenvalue weighted by Crippen LogP contribution is -2.46. The average Bonchev–Trinajstić information content (AvgIpc) is 2.52. The van der Waals surface area contributed by atoms with Crippen LogP contribution in [-0.4, -0.2) is 11.7 Å². The molecule has 0 aromatic heterocycles. The third-order valence-electron chi connectivity index (χ3n) is 5.09. The summed E-state index contributed by atoms with van der Waals surface area (Å²) < 4.78 is 0. The van der Waals surface area contributed by atoms with Crippen molar-refractivity contribution in [2.75, 3.05) is 6.54 Å². The monoisotopic (exact) mass is 281 g/mol. The van der Waals surface area contributed by atoms with Gasteiger partial charge in [0.15, 0.2) is 0 Å². The Morgan fingerprint density at radius 2 is 1.29 bits per heavy atom. The first-order chi connectivity index (χ1) is 9.94. The third kappa shape index (κ3) is 1.79. The minimum absolute atomic E-state index is 0.0455. The molecule has 21 heavy (non-hydrogen) atoms. The van der Waals surface area contributed by atoms with Crippen molar-refractivity contribution in [2.24, 2.45) is 11.7 Å². The van der Waals surface area contributed by atoms with Gasteiger partial charge in [-0.3, -0.25) is 0 Å². The van der Waals surface area contributed by atoms with E-state index in [1.54, 1.807) is 0 Å². The van der Waals surface area contributed by atoms with E-state index in [1.807, 2.05) is 43.3 Å². The maximum Gasteiger partial charge on any atom is 0.119 e. The summed E-state index contributed by atoms with van der Waals surface area (Å²) in [6, 6.07) is 16.4. The maximum atomic E-state index is 11.6. The molecule has 2 nitrogen and oxygen atoms in total. The van der Waals surface area contributed by atoms with Gasteiger partial charge in [-0.15, -0.1) is 0 Å². The summed E-state index contributed by atoms with van der Waals surface area (Å²) in [6.45, 7) is 6.90. The van der Waals surface area contributed by atoms with E-state index in [9.17, 15) is 5.11 Å². The molecule has 1 aliphatic rings. The molecule has 0 amide bonds. The third-order valence-corrected chi connectivity index (χ3v) is 5.09. The quantitative estimate of drug-likeness (QED) is 0.888. The Kier molecular flexibility index (Phi) is 3.19. The summed E-state index contributed by atoms with van der Waals surface area (Å²) in [7, 11) is 0. The van der Waals surface area contributed by atoms with Gasteiger partial charge >= 0.3 is 0 Å². The summed E-state index contributed by atoms with van der Waals surface area (Å²) in [5.41, 5.74) is 9.13. The SMILES string of the molecule is CC(CN)C1(O)c2ccccc2C(C)(C)c2ccccc21. The molecule has 0 saturated carbocycles. The number of aliphatic hydroxyl groups is 1. The highest BCUT2D eigenvalue weighted by Gasteiger charge is 2.47. The van der Waals surface area contributed by atoms with Crippen LogP contribution < -0.4 is 5.73 Å². The molecule has 1 unspecified atom stereocenters. The van der Waals surface area contributed by atoms with Crippen molar-refractivity contribution in [3.8, 4) is 0 Å². The van der Waals surface area contributed by atoms with Crippen LogP contribution in [0.15, 0.2) is 48.5 Å². The van der Waals surface area contributed by atoms with Crippen molar-refractivity contribution < 1.29 is 5.11 Å². The Bertz CT molecular complexity index is 625. The van der Waals surface area contributed by atoms with E-state index in [4.69, 9.17) is 5.73 Å². The van der Waals surface area contributed by atoms with Gasteiger partial charge < -0.3 is 10.8 Å². The smallest absolute Gasteiger partial charge is 0.119 e. The molecular weight excluding hydrogens is 258 g/mol. The lowest BCUT2D eigenvalue weighted by Gasteiger charge is -2.46. The summed E-state index contributed by atoms with van der Waals surface area (Å²) in [5.74, 6) is -0.0455. The fourth-order valence-electron chi connectivity index (χ4n) is 3.71. The molecule has 3 N–H and O–H groups in total. The Balaban J connectivity index is 2.39. The van der Waals surface area contributed by atoms with Crippen LogP contribution in [0.2, 0.25) is 0 Å². The summed E-state index contributed by atoms with van der Waals surface area (Å²) >= 11 is 0. The molecule has 1 aliphatic carbocycles. The Morgan fingerprint density at radius 1 is 0.905 bits per heavy atom. The maximum absolute atomic E-state index is 11.6. The second-order valence-corrected chi connectivity index (χ2v) is 6.62. The number of rotatable bonds is 2. The number of benzene rings is 2. The number of hydrogen-bond donors (Lipinski definition) is 2. The van der Waals surface area contributed by atoms with Gasteiger partial charge in [0.25, 0.3) is 0 Å². The van der Waals surface area contributed by atoms with E-state index in [-0.39, 0.29) is 11.3 Å². The van der Waals surface area contributed by atoms with E-state index < -0.39 is 5.60 Å². The second kappa shape index (κ2) is 4.69. The first-order valence-corrected chi connectivity index (χ1v) is 7.56. The molecule has 0 saturated heterocycles. The van der Waals surface area contributed by atoms with E-state index in [0.717, 1.165) is 11.1 Å². The molecule has 3 rings (SSSR count). The lowest BCUT2D eigenvalue weighted by molar-refractivity contribution is 0.0212. The molecule has 0 heterocycles. The molecule has 110 valence electrons. The molecule has 0 radical (unpaired) electrons. The number of nitrogens with two attached hydrogens (primary N) is 1. The van der Waals surface area contributed by atoms with Crippen molar-refractivity contribution in [3.63, 3.8) is 0 Å². The zero-order valence-electron chi connectivity index (χ0n) is 12.9. The van der Waals surface area contributed by atoms with Crippen LogP contribution in [0.25, 0.3) is 0 Å². The number of fused-ring (bicyclic) bond motifs is 2. The molecular formula is C19H23NO. The summed E-state index contributed by atoms with van der Waals surface area (Å²) in [6.07, 6.45) is 0. The first-order valence-electron chi connectivity index (χ1n) is 7.56. The van der Waals surface area contributed by atoms with Crippen LogP contribution in [0, 0.1) is 5.92 Å². The highest BCUT2D eigenvalue weighted by atomic mass is 16.3. The van der Waals surface area contributed by atoms with Crippen molar-refractivity contribution in [1.29, 1.82) is 0 Å². The zero-order chi connectivity index (χ0) is 15.3. The fourth-order valence-corrected chi connectivity index (χ4v) is 3.71. The number of hydrogen-bond acceptors (Lipinski definition) is 2. The van der Waals surface area contributed by atoms with Crippen LogP contribution in [0.4, 0.5) is 0 Å². The topological polar surface area (TPSA) is 46.2 Å². The molecule has 0 aliphatic heterocycles. The molecule has 2 heteroatoms. The zero-order valence-corrected chi connectivity index (χ0v) is 12.9. The molecule has 2 aromatic carbocycles. The predicted octanol–water partition coefficient (Wildman–Crippen LogP) is 3.16. The first kappa shape index (κ1) is 14.3. The van der Waals surface area contributed by atoms with Gasteiger partial charge in [0.05, 0.1) is 0 Å². The van der Waals surface area contributed by atoms with Crippen LogP contribution >= 0.6 is 0 Å². The molecule has 0 bridgehead atoms. The van der Waals surface area contributed by atoms with Gasteiger partial charge in [0.2, 0.25) is 0 Å². The molecule has 0 spiro atoms.